The molecule has 29 heavy (non-hydrogen) atoms. The van der Waals surface area contributed by atoms with Crippen LogP contribution in [-0.2, 0) is 16.1 Å². The summed E-state index contributed by atoms with van der Waals surface area (Å²) in [4.78, 5) is 27.5. The van der Waals surface area contributed by atoms with E-state index in [2.05, 4.69) is 5.32 Å². The molecule has 1 aliphatic carbocycles. The molecule has 2 aromatic carbocycles. The van der Waals surface area contributed by atoms with Gasteiger partial charge < -0.3 is 10.2 Å². The number of hydrogen-bond acceptors (Lipinski definition) is 2. The summed E-state index contributed by atoms with van der Waals surface area (Å²) in [6, 6.07) is 11.8. The minimum Gasteiger partial charge on any atom is -0.328 e. The molecule has 1 atom stereocenters. The second kappa shape index (κ2) is 8.15. The number of fused-ring (bicyclic) bond motifs is 1. The minimum absolute atomic E-state index is 0.00160. The average Bonchev–Trinajstić information content (AvgIpc) is 2.95. The molecule has 2 aromatic rings. The summed E-state index contributed by atoms with van der Waals surface area (Å²) in [6.07, 6.45) is 3.68. The van der Waals surface area contributed by atoms with E-state index in [9.17, 15) is 18.4 Å². The van der Waals surface area contributed by atoms with E-state index >= 15 is 0 Å². The summed E-state index contributed by atoms with van der Waals surface area (Å²) >= 11 is 0. The number of nitrogens with zero attached hydrogens (tertiary/aromatic N) is 1. The topological polar surface area (TPSA) is 49.4 Å². The second-order valence-electron chi connectivity index (χ2n) is 7.56. The number of amides is 2. The summed E-state index contributed by atoms with van der Waals surface area (Å²) < 4.78 is 26.5. The number of benzene rings is 2. The van der Waals surface area contributed by atoms with Crippen molar-refractivity contribution in [3.05, 3.63) is 76.9 Å². The molecule has 0 aromatic heterocycles. The van der Waals surface area contributed by atoms with Crippen LogP contribution in [0.25, 0.3) is 0 Å². The van der Waals surface area contributed by atoms with Crippen LogP contribution in [0.15, 0.2) is 59.7 Å². The van der Waals surface area contributed by atoms with Gasteiger partial charge in [-0.15, -0.1) is 0 Å². The van der Waals surface area contributed by atoms with Gasteiger partial charge in [0.25, 0.3) is 5.91 Å². The molecule has 1 fully saturated rings. The lowest BCUT2D eigenvalue weighted by molar-refractivity contribution is -0.129. The first-order valence-corrected chi connectivity index (χ1v) is 9.84. The normalized spacial score (nSPS) is 18.8. The largest absolute Gasteiger partial charge is 0.328 e. The zero-order valence-electron chi connectivity index (χ0n) is 16.0. The van der Waals surface area contributed by atoms with Gasteiger partial charge in [-0.2, -0.15) is 0 Å². The van der Waals surface area contributed by atoms with E-state index in [0.717, 1.165) is 36.8 Å². The zero-order chi connectivity index (χ0) is 20.4. The van der Waals surface area contributed by atoms with Crippen molar-refractivity contribution < 1.29 is 18.4 Å². The van der Waals surface area contributed by atoms with E-state index in [1.807, 2.05) is 0 Å². The monoisotopic (exact) mass is 396 g/mol. The van der Waals surface area contributed by atoms with Crippen molar-refractivity contribution >= 4 is 17.5 Å². The van der Waals surface area contributed by atoms with E-state index in [0.29, 0.717) is 17.8 Å². The first-order valence-electron chi connectivity index (χ1n) is 9.84. The molecule has 0 saturated heterocycles. The maximum absolute atomic E-state index is 13.3. The Balaban J connectivity index is 1.51. The van der Waals surface area contributed by atoms with E-state index in [1.54, 1.807) is 23.1 Å². The number of carbonyl (C=O) groups excluding carboxylic acids is 2. The molecule has 2 amide bonds. The Labute approximate surface area is 168 Å². The maximum Gasteiger partial charge on any atom is 0.251 e. The predicted molar refractivity (Wildman–Crippen MR) is 106 cm³/mol. The van der Waals surface area contributed by atoms with Gasteiger partial charge in [0.1, 0.15) is 11.6 Å². The van der Waals surface area contributed by atoms with Crippen LogP contribution in [-0.4, -0.2) is 22.8 Å². The number of carbonyl (C=O) groups is 2. The molecular formula is C23H22F2N2O2. The highest BCUT2D eigenvalue weighted by molar-refractivity contribution is 6.04. The minimum atomic E-state index is -0.431. The third kappa shape index (κ3) is 4.21. The predicted octanol–water partition coefficient (Wildman–Crippen LogP) is 4.58. The van der Waals surface area contributed by atoms with Gasteiger partial charge in [-0.1, -0.05) is 24.6 Å². The van der Waals surface area contributed by atoms with Crippen molar-refractivity contribution in [3.8, 4) is 0 Å². The van der Waals surface area contributed by atoms with Gasteiger partial charge in [0.05, 0.1) is 12.5 Å². The molecule has 150 valence electrons. The van der Waals surface area contributed by atoms with E-state index in [1.165, 1.54) is 30.3 Å². The highest BCUT2D eigenvalue weighted by atomic mass is 19.1. The maximum atomic E-state index is 13.3. The van der Waals surface area contributed by atoms with Gasteiger partial charge >= 0.3 is 0 Å². The van der Waals surface area contributed by atoms with Crippen LogP contribution in [0.4, 0.5) is 14.5 Å². The summed E-state index contributed by atoms with van der Waals surface area (Å²) in [6.45, 7) is 0.391. The number of hydrogen-bond donors (Lipinski definition) is 1. The van der Waals surface area contributed by atoms with Crippen LogP contribution in [0.2, 0.25) is 0 Å². The molecular weight excluding hydrogens is 374 g/mol. The average molecular weight is 396 g/mol. The summed E-state index contributed by atoms with van der Waals surface area (Å²) in [5.41, 5.74) is 2.81. The van der Waals surface area contributed by atoms with Crippen molar-refractivity contribution in [2.45, 2.75) is 44.7 Å². The fourth-order valence-corrected chi connectivity index (χ4v) is 4.23. The number of anilines is 1. The van der Waals surface area contributed by atoms with Crippen molar-refractivity contribution in [2.24, 2.45) is 0 Å². The van der Waals surface area contributed by atoms with Gasteiger partial charge in [-0.3, -0.25) is 9.59 Å². The van der Waals surface area contributed by atoms with Gasteiger partial charge in [-0.05, 0) is 60.7 Å². The van der Waals surface area contributed by atoms with Crippen molar-refractivity contribution in [3.63, 3.8) is 0 Å². The van der Waals surface area contributed by atoms with Crippen LogP contribution in [0.5, 0.6) is 0 Å². The molecule has 1 saturated carbocycles. The van der Waals surface area contributed by atoms with Crippen molar-refractivity contribution in [1.29, 1.82) is 0 Å². The molecule has 1 unspecified atom stereocenters. The molecule has 4 rings (SSSR count). The van der Waals surface area contributed by atoms with Gasteiger partial charge in [0.15, 0.2) is 0 Å². The van der Waals surface area contributed by atoms with Gasteiger partial charge in [0, 0.05) is 17.8 Å². The van der Waals surface area contributed by atoms with Crippen LogP contribution >= 0.6 is 0 Å². The summed E-state index contributed by atoms with van der Waals surface area (Å²) in [5.74, 6) is -1.21. The lowest BCUT2D eigenvalue weighted by Crippen LogP contribution is -2.36. The highest BCUT2D eigenvalue weighted by Crippen LogP contribution is 2.38. The first kappa shape index (κ1) is 19.3. The summed E-state index contributed by atoms with van der Waals surface area (Å²) in [5, 5.41) is 2.67. The lowest BCUT2D eigenvalue weighted by atomic mass is 9.88. The Morgan fingerprint density at radius 2 is 1.86 bits per heavy atom. The highest BCUT2D eigenvalue weighted by Gasteiger charge is 2.40. The molecule has 4 nitrogen and oxygen atoms in total. The smallest absolute Gasteiger partial charge is 0.251 e. The van der Waals surface area contributed by atoms with Crippen LogP contribution < -0.4 is 5.32 Å². The number of nitrogens with one attached hydrogen (secondary N) is 1. The molecule has 0 radical (unpaired) electrons. The molecule has 0 bridgehead atoms. The Morgan fingerprint density at radius 3 is 2.62 bits per heavy atom. The van der Waals surface area contributed by atoms with E-state index in [4.69, 9.17) is 0 Å². The van der Waals surface area contributed by atoms with E-state index < -0.39 is 5.82 Å². The zero-order valence-corrected chi connectivity index (χ0v) is 16.0. The fraction of sp³-hybridized carbons (Fsp3) is 0.304. The lowest BCUT2D eigenvalue weighted by Gasteiger charge is -2.30. The molecule has 0 spiro atoms. The van der Waals surface area contributed by atoms with Crippen LogP contribution in [0.3, 0.4) is 0 Å². The summed E-state index contributed by atoms with van der Waals surface area (Å²) in [7, 11) is 0. The van der Waals surface area contributed by atoms with Crippen molar-refractivity contribution in [1.82, 2.24) is 4.90 Å². The van der Waals surface area contributed by atoms with Gasteiger partial charge in [0.2, 0.25) is 5.91 Å². The van der Waals surface area contributed by atoms with Crippen LogP contribution in [0, 0.1) is 11.6 Å². The molecule has 2 aliphatic rings. The molecule has 1 heterocycles. The number of rotatable bonds is 5. The quantitative estimate of drug-likeness (QED) is 0.805. The second-order valence-corrected chi connectivity index (χ2v) is 7.56. The Bertz CT molecular complexity index is 969. The van der Waals surface area contributed by atoms with Crippen LogP contribution in [0.1, 0.15) is 37.7 Å². The standard InChI is InChI=1S/C23H22F2N2O2/c24-16-10-8-15(9-11-16)14-27-21-7-2-1-6-19(21)20(23(27)29)13-22(28)26-18-5-3-4-17(25)12-18/h3-5,8-12,21H,1-2,6-7,13-14H2,(H,26,28). The Hall–Kier alpha value is -3.02. The fourth-order valence-electron chi connectivity index (χ4n) is 4.23. The van der Waals surface area contributed by atoms with Crippen molar-refractivity contribution in [2.75, 3.05) is 5.32 Å². The first-order chi connectivity index (χ1) is 14.0. The Kier molecular flexibility index (Phi) is 5.43. The van der Waals surface area contributed by atoms with E-state index in [-0.39, 0.29) is 30.1 Å². The molecule has 1 aliphatic heterocycles. The third-order valence-electron chi connectivity index (χ3n) is 5.57. The molecule has 6 heteroatoms. The Morgan fingerprint density at radius 1 is 1.07 bits per heavy atom. The SMILES string of the molecule is O=C(CC1=C2CCCCC2N(Cc2ccc(F)cc2)C1=O)Nc1cccc(F)c1. The van der Waals surface area contributed by atoms with Gasteiger partial charge in [-0.25, -0.2) is 8.78 Å². The molecule has 1 N–H and O–H groups in total. The third-order valence-corrected chi connectivity index (χ3v) is 5.57. The number of halogens is 2.